The van der Waals surface area contributed by atoms with Crippen LogP contribution in [0.15, 0.2) is 29.3 Å². The zero-order valence-corrected chi connectivity index (χ0v) is 18.2. The second-order valence-electron chi connectivity index (χ2n) is 5.82. The van der Waals surface area contributed by atoms with E-state index in [0.717, 1.165) is 17.2 Å². The summed E-state index contributed by atoms with van der Waals surface area (Å²) >= 11 is 0. The normalized spacial score (nSPS) is 11.7. The molecular weight excluding hydrogens is 488 g/mol. The van der Waals surface area contributed by atoms with Crippen molar-refractivity contribution in [2.24, 2.45) is 12.0 Å². The highest BCUT2D eigenvalue weighted by Crippen LogP contribution is 2.19. The summed E-state index contributed by atoms with van der Waals surface area (Å²) in [5.41, 5.74) is 0.848. The predicted octanol–water partition coefficient (Wildman–Crippen LogP) is 2.94. The highest BCUT2D eigenvalue weighted by Gasteiger charge is 2.28. The molecule has 2 N–H and O–H groups in total. The molecule has 0 spiro atoms. The molecule has 2 rings (SSSR count). The average Bonchev–Trinajstić information content (AvgIpc) is 2.94. The first-order valence-corrected chi connectivity index (χ1v) is 8.44. The van der Waals surface area contributed by atoms with Gasteiger partial charge < -0.3 is 19.9 Å². The quantitative estimate of drug-likeness (QED) is 0.339. The van der Waals surface area contributed by atoms with E-state index >= 15 is 0 Å². The van der Waals surface area contributed by atoms with E-state index in [1.165, 1.54) is 12.1 Å². The lowest BCUT2D eigenvalue weighted by molar-refractivity contribution is -0.153. The van der Waals surface area contributed by atoms with Gasteiger partial charge in [0.15, 0.2) is 18.4 Å². The lowest BCUT2D eigenvalue weighted by Gasteiger charge is -2.11. The fraction of sp³-hybridized carbons (Fsp3) is 0.471. The number of aromatic nitrogens is 3. The Labute approximate surface area is 178 Å². The van der Waals surface area contributed by atoms with Crippen LogP contribution in [0.3, 0.4) is 0 Å². The van der Waals surface area contributed by atoms with Crippen molar-refractivity contribution in [2.75, 3.05) is 13.2 Å². The van der Waals surface area contributed by atoms with Gasteiger partial charge in [-0.25, -0.2) is 4.99 Å². The molecule has 1 heterocycles. The molecule has 0 bridgehead atoms. The maximum atomic E-state index is 12.2. The minimum absolute atomic E-state index is 0. The third kappa shape index (κ3) is 7.90. The number of hydrogen-bond donors (Lipinski definition) is 2. The maximum Gasteiger partial charge on any atom is 0.422 e. The van der Waals surface area contributed by atoms with Crippen LogP contribution in [0, 0.1) is 6.92 Å². The molecule has 0 fully saturated rings. The lowest BCUT2D eigenvalue weighted by Crippen LogP contribution is -2.37. The summed E-state index contributed by atoms with van der Waals surface area (Å²) in [6.07, 6.45) is -4.35. The van der Waals surface area contributed by atoms with Crippen LogP contribution in [0.25, 0.3) is 0 Å². The summed E-state index contributed by atoms with van der Waals surface area (Å²) in [7, 11) is 1.89. The van der Waals surface area contributed by atoms with Crippen molar-refractivity contribution in [3.63, 3.8) is 0 Å². The third-order valence-corrected chi connectivity index (χ3v) is 3.69. The fourth-order valence-corrected chi connectivity index (χ4v) is 2.14. The summed E-state index contributed by atoms with van der Waals surface area (Å²) in [6, 6.07) is 6.37. The Hall–Kier alpha value is -2.05. The van der Waals surface area contributed by atoms with E-state index in [1.807, 2.05) is 25.5 Å². The standard InChI is InChI=1S/C17H23F3N6O.HI/c1-4-21-16(23-10-15-25-24-12(2)26(15)3)22-9-13-5-7-14(8-6-13)27-11-17(18,19)20;/h5-8H,4,9-11H2,1-3H3,(H2,21,22,23);1H. The molecule has 156 valence electrons. The van der Waals surface area contributed by atoms with Crippen molar-refractivity contribution in [2.45, 2.75) is 33.1 Å². The van der Waals surface area contributed by atoms with E-state index in [9.17, 15) is 13.2 Å². The molecule has 2 aromatic rings. The van der Waals surface area contributed by atoms with Crippen molar-refractivity contribution < 1.29 is 17.9 Å². The molecule has 1 aromatic carbocycles. The number of guanidine groups is 1. The summed E-state index contributed by atoms with van der Waals surface area (Å²) in [4.78, 5) is 4.47. The van der Waals surface area contributed by atoms with Crippen LogP contribution >= 0.6 is 24.0 Å². The smallest absolute Gasteiger partial charge is 0.422 e. The molecule has 0 saturated carbocycles. The van der Waals surface area contributed by atoms with Crippen molar-refractivity contribution in [1.82, 2.24) is 25.4 Å². The van der Waals surface area contributed by atoms with Gasteiger partial charge in [0.25, 0.3) is 0 Å². The van der Waals surface area contributed by atoms with Crippen LogP contribution in [0.1, 0.15) is 24.1 Å². The number of hydrogen-bond acceptors (Lipinski definition) is 4. The second-order valence-corrected chi connectivity index (χ2v) is 5.82. The minimum Gasteiger partial charge on any atom is -0.484 e. The summed E-state index contributed by atoms with van der Waals surface area (Å²) in [6.45, 7) is 4.04. The van der Waals surface area contributed by atoms with Gasteiger partial charge in [0.1, 0.15) is 11.6 Å². The van der Waals surface area contributed by atoms with Gasteiger partial charge in [0.05, 0.1) is 13.1 Å². The molecule has 0 saturated heterocycles. The van der Waals surface area contributed by atoms with E-state index in [-0.39, 0.29) is 29.7 Å². The highest BCUT2D eigenvalue weighted by molar-refractivity contribution is 14.0. The maximum absolute atomic E-state index is 12.2. The zero-order chi connectivity index (χ0) is 19.9. The second kappa shape index (κ2) is 11.1. The number of rotatable bonds is 7. The van der Waals surface area contributed by atoms with Crippen LogP contribution in [0.5, 0.6) is 5.75 Å². The van der Waals surface area contributed by atoms with Crippen LogP contribution in [0.2, 0.25) is 0 Å². The van der Waals surface area contributed by atoms with E-state index in [4.69, 9.17) is 0 Å². The summed E-state index contributed by atoms with van der Waals surface area (Å²) in [5, 5.41) is 14.4. The van der Waals surface area contributed by atoms with Crippen molar-refractivity contribution in [1.29, 1.82) is 0 Å². The number of aryl methyl sites for hydroxylation is 1. The molecular formula is C17H24F3IN6O. The molecule has 11 heteroatoms. The van der Waals surface area contributed by atoms with E-state index in [2.05, 4.69) is 30.6 Å². The van der Waals surface area contributed by atoms with Gasteiger partial charge in [-0.1, -0.05) is 12.1 Å². The van der Waals surface area contributed by atoms with Gasteiger partial charge in [-0.2, -0.15) is 13.2 Å². The topological polar surface area (TPSA) is 76.4 Å². The number of ether oxygens (including phenoxy) is 1. The largest absolute Gasteiger partial charge is 0.484 e. The van der Waals surface area contributed by atoms with Gasteiger partial charge in [-0.15, -0.1) is 34.2 Å². The molecule has 0 aliphatic rings. The van der Waals surface area contributed by atoms with Gasteiger partial charge in [-0.05, 0) is 31.5 Å². The van der Waals surface area contributed by atoms with Gasteiger partial charge in [0, 0.05) is 13.6 Å². The average molecular weight is 512 g/mol. The molecule has 28 heavy (non-hydrogen) atoms. The number of nitrogens with zero attached hydrogens (tertiary/aromatic N) is 4. The van der Waals surface area contributed by atoms with Crippen LogP contribution < -0.4 is 15.4 Å². The SMILES string of the molecule is CCNC(=NCc1ccc(OCC(F)(F)F)cc1)NCc1nnc(C)n1C.I. The molecule has 0 aliphatic heterocycles. The zero-order valence-electron chi connectivity index (χ0n) is 15.9. The number of aliphatic imine (C=N–C) groups is 1. The number of alkyl halides is 3. The summed E-state index contributed by atoms with van der Waals surface area (Å²) in [5.74, 6) is 2.38. The van der Waals surface area contributed by atoms with Gasteiger partial charge >= 0.3 is 6.18 Å². The number of nitrogens with one attached hydrogen (secondary N) is 2. The van der Waals surface area contributed by atoms with Crippen molar-refractivity contribution in [3.8, 4) is 5.75 Å². The Morgan fingerprint density at radius 3 is 2.39 bits per heavy atom. The Morgan fingerprint density at radius 1 is 1.18 bits per heavy atom. The third-order valence-electron chi connectivity index (χ3n) is 3.69. The molecule has 0 amide bonds. The lowest BCUT2D eigenvalue weighted by atomic mass is 10.2. The van der Waals surface area contributed by atoms with E-state index < -0.39 is 12.8 Å². The van der Waals surface area contributed by atoms with E-state index in [0.29, 0.717) is 25.6 Å². The molecule has 1 aromatic heterocycles. The van der Waals surface area contributed by atoms with Gasteiger partial charge in [0.2, 0.25) is 0 Å². The van der Waals surface area contributed by atoms with Crippen molar-refractivity contribution >= 4 is 29.9 Å². The highest BCUT2D eigenvalue weighted by atomic mass is 127. The molecule has 0 aliphatic carbocycles. The van der Waals surface area contributed by atoms with Crippen LogP contribution in [-0.4, -0.2) is 40.1 Å². The first-order chi connectivity index (χ1) is 12.8. The first kappa shape index (κ1) is 24.0. The Kier molecular flexibility index (Phi) is 9.49. The molecule has 0 atom stereocenters. The molecule has 0 unspecified atom stereocenters. The Morgan fingerprint density at radius 2 is 1.86 bits per heavy atom. The number of halogens is 4. The van der Waals surface area contributed by atoms with Crippen LogP contribution in [0.4, 0.5) is 13.2 Å². The Bertz CT molecular complexity index is 761. The van der Waals surface area contributed by atoms with Crippen LogP contribution in [-0.2, 0) is 20.1 Å². The Balaban J connectivity index is 0.00000392. The fourth-order valence-electron chi connectivity index (χ4n) is 2.14. The summed E-state index contributed by atoms with van der Waals surface area (Å²) < 4.78 is 43.0. The monoisotopic (exact) mass is 512 g/mol. The predicted molar refractivity (Wildman–Crippen MR) is 111 cm³/mol. The minimum atomic E-state index is -4.35. The number of benzene rings is 1. The molecule has 7 nitrogen and oxygen atoms in total. The molecule has 0 radical (unpaired) electrons. The first-order valence-electron chi connectivity index (χ1n) is 8.44. The van der Waals surface area contributed by atoms with Crippen molar-refractivity contribution in [3.05, 3.63) is 41.5 Å². The van der Waals surface area contributed by atoms with Gasteiger partial charge in [-0.3, -0.25) is 0 Å². The van der Waals surface area contributed by atoms with E-state index in [1.54, 1.807) is 12.1 Å².